The van der Waals surface area contributed by atoms with Gasteiger partial charge in [0.15, 0.2) is 0 Å². The molecule has 204 valence electrons. The molecule has 1 aliphatic heterocycles. The molecular formula is C31H35ClN4O3. The quantitative estimate of drug-likeness (QED) is 0.396. The molecule has 2 fully saturated rings. The Hall–Kier alpha value is -3.58. The summed E-state index contributed by atoms with van der Waals surface area (Å²) >= 11 is 5.98. The third kappa shape index (κ3) is 5.88. The van der Waals surface area contributed by atoms with Crippen LogP contribution in [0.4, 0.5) is 5.82 Å². The maximum absolute atomic E-state index is 13.1. The van der Waals surface area contributed by atoms with Crippen LogP contribution in [0.15, 0.2) is 60.8 Å². The molecule has 4 unspecified atom stereocenters. The lowest BCUT2D eigenvalue weighted by Gasteiger charge is -2.38. The van der Waals surface area contributed by atoms with E-state index >= 15 is 0 Å². The molecule has 2 amide bonds. The average Bonchev–Trinajstić information content (AvgIpc) is 3.36. The van der Waals surface area contributed by atoms with Crippen molar-refractivity contribution in [2.75, 3.05) is 18.6 Å². The summed E-state index contributed by atoms with van der Waals surface area (Å²) in [7, 11) is 1.62. The Morgan fingerprint density at radius 2 is 1.87 bits per heavy atom. The Balaban J connectivity index is 1.22. The van der Waals surface area contributed by atoms with Crippen LogP contribution in [-0.4, -0.2) is 42.5 Å². The molecule has 39 heavy (non-hydrogen) atoms. The first kappa shape index (κ1) is 27.0. The topological polar surface area (TPSA) is 83.6 Å². The van der Waals surface area contributed by atoms with E-state index in [-0.39, 0.29) is 23.9 Å². The molecule has 0 bridgehead atoms. The molecule has 7 nitrogen and oxygen atoms in total. The van der Waals surface area contributed by atoms with Crippen LogP contribution in [-0.2, 0) is 0 Å². The molecule has 1 aliphatic carbocycles. The van der Waals surface area contributed by atoms with Crippen LogP contribution in [0, 0.1) is 12.8 Å². The predicted molar refractivity (Wildman–Crippen MR) is 154 cm³/mol. The number of amides is 2. The van der Waals surface area contributed by atoms with Gasteiger partial charge < -0.3 is 20.3 Å². The number of hydrogen-bond donors (Lipinski definition) is 2. The molecule has 0 radical (unpaired) electrons. The Kier molecular flexibility index (Phi) is 8.07. The van der Waals surface area contributed by atoms with E-state index in [4.69, 9.17) is 16.3 Å². The highest BCUT2D eigenvalue weighted by Gasteiger charge is 2.41. The predicted octanol–water partition coefficient (Wildman–Crippen LogP) is 5.72. The molecular weight excluding hydrogens is 512 g/mol. The van der Waals surface area contributed by atoms with E-state index in [1.807, 2.05) is 68.4 Å². The van der Waals surface area contributed by atoms with Crippen molar-refractivity contribution in [1.29, 1.82) is 0 Å². The first-order chi connectivity index (χ1) is 18.8. The molecule has 1 aromatic heterocycles. The van der Waals surface area contributed by atoms with Gasteiger partial charge in [-0.15, -0.1) is 0 Å². The van der Waals surface area contributed by atoms with Crippen LogP contribution < -0.4 is 20.3 Å². The number of aromatic nitrogens is 1. The maximum atomic E-state index is 13.1. The number of pyridine rings is 1. The van der Waals surface area contributed by atoms with Gasteiger partial charge in [-0.05, 0) is 87.4 Å². The molecule has 1 saturated carbocycles. The third-order valence-corrected chi connectivity index (χ3v) is 8.39. The minimum absolute atomic E-state index is 0.0529. The average molecular weight is 547 g/mol. The van der Waals surface area contributed by atoms with Crippen molar-refractivity contribution in [1.82, 2.24) is 15.6 Å². The highest BCUT2D eigenvalue weighted by Crippen LogP contribution is 2.39. The van der Waals surface area contributed by atoms with Crippen molar-refractivity contribution in [3.63, 3.8) is 0 Å². The van der Waals surface area contributed by atoms with Gasteiger partial charge in [0.25, 0.3) is 11.8 Å². The fourth-order valence-electron chi connectivity index (χ4n) is 6.04. The number of anilines is 1. The zero-order chi connectivity index (χ0) is 27.5. The molecule has 2 N–H and O–H groups in total. The number of hydrogen-bond acceptors (Lipinski definition) is 5. The Bertz CT molecular complexity index is 1330. The third-order valence-electron chi connectivity index (χ3n) is 8.14. The number of carbonyl (C=O) groups excluding carboxylic acids is 2. The molecule has 1 saturated heterocycles. The van der Waals surface area contributed by atoms with E-state index in [9.17, 15) is 9.59 Å². The lowest BCUT2D eigenvalue weighted by Crippen LogP contribution is -2.43. The first-order valence-electron chi connectivity index (χ1n) is 13.6. The first-order valence-corrected chi connectivity index (χ1v) is 14.0. The Morgan fingerprint density at radius 3 is 2.59 bits per heavy atom. The number of carbonyl (C=O) groups is 2. The summed E-state index contributed by atoms with van der Waals surface area (Å²) in [6.45, 7) is 4.78. The minimum Gasteiger partial charge on any atom is -0.496 e. The van der Waals surface area contributed by atoms with Crippen molar-refractivity contribution in [2.24, 2.45) is 5.92 Å². The second-order valence-electron chi connectivity index (χ2n) is 10.6. The molecule has 8 heteroatoms. The second kappa shape index (κ2) is 11.7. The Labute approximate surface area is 234 Å². The zero-order valence-electron chi connectivity index (χ0n) is 22.6. The molecule has 2 heterocycles. The van der Waals surface area contributed by atoms with Crippen molar-refractivity contribution < 1.29 is 14.3 Å². The summed E-state index contributed by atoms with van der Waals surface area (Å²) < 4.78 is 5.39. The second-order valence-corrected chi connectivity index (χ2v) is 11.0. The highest BCUT2D eigenvalue weighted by molar-refractivity contribution is 6.30. The minimum atomic E-state index is -0.163. The van der Waals surface area contributed by atoms with Crippen LogP contribution in [0.3, 0.4) is 0 Å². The van der Waals surface area contributed by atoms with E-state index in [0.29, 0.717) is 28.1 Å². The van der Waals surface area contributed by atoms with Crippen LogP contribution in [0.1, 0.15) is 70.5 Å². The van der Waals surface area contributed by atoms with Crippen LogP contribution in [0.25, 0.3) is 0 Å². The smallest absolute Gasteiger partial charge is 0.253 e. The van der Waals surface area contributed by atoms with Crippen LogP contribution >= 0.6 is 11.6 Å². The van der Waals surface area contributed by atoms with Crippen molar-refractivity contribution >= 4 is 29.2 Å². The number of halogens is 1. The monoisotopic (exact) mass is 546 g/mol. The van der Waals surface area contributed by atoms with Gasteiger partial charge in [0.1, 0.15) is 11.6 Å². The van der Waals surface area contributed by atoms with E-state index in [1.54, 1.807) is 13.3 Å². The standard InChI is InChI=1S/C31H35ClN4O3/c1-19-26(7-4-8-28(19)39-3)31(38)35-25-16-22-6-5-15-36(27(22)17-25)29-14-11-23(18-33-29)30(37)34-20(2)21-9-12-24(32)13-10-21/h4,7-14,18,20,22,25,27H,5-6,15-17H2,1-3H3,(H,34,37)(H,35,38). The zero-order valence-corrected chi connectivity index (χ0v) is 23.4. The number of piperidine rings is 1. The summed E-state index contributed by atoms with van der Waals surface area (Å²) in [6, 6.07) is 17.1. The van der Waals surface area contributed by atoms with E-state index in [1.165, 1.54) is 0 Å². The number of benzene rings is 2. The summed E-state index contributed by atoms with van der Waals surface area (Å²) in [5.41, 5.74) is 3.02. The van der Waals surface area contributed by atoms with Gasteiger partial charge in [-0.2, -0.15) is 0 Å². The summed E-state index contributed by atoms with van der Waals surface area (Å²) in [6.07, 6.45) is 5.72. The van der Waals surface area contributed by atoms with E-state index in [2.05, 4.69) is 20.5 Å². The van der Waals surface area contributed by atoms with Gasteiger partial charge in [0.2, 0.25) is 0 Å². The number of methoxy groups -OCH3 is 1. The van der Waals surface area contributed by atoms with Crippen LogP contribution in [0.5, 0.6) is 5.75 Å². The molecule has 2 aliphatic rings. The number of rotatable bonds is 7. The lowest BCUT2D eigenvalue weighted by atomic mass is 9.92. The van der Waals surface area contributed by atoms with Gasteiger partial charge in [-0.25, -0.2) is 4.98 Å². The molecule has 2 aromatic carbocycles. The van der Waals surface area contributed by atoms with E-state index in [0.717, 1.165) is 54.9 Å². The maximum Gasteiger partial charge on any atom is 0.253 e. The van der Waals surface area contributed by atoms with Gasteiger partial charge in [0, 0.05) is 41.0 Å². The number of nitrogens with zero attached hydrogens (tertiary/aromatic N) is 2. The molecule has 4 atom stereocenters. The van der Waals surface area contributed by atoms with Crippen molar-refractivity contribution in [2.45, 2.75) is 57.7 Å². The fraction of sp³-hybridized carbons (Fsp3) is 0.387. The normalized spacial score (nSPS) is 21.1. The van der Waals surface area contributed by atoms with Crippen molar-refractivity contribution in [3.05, 3.63) is 88.1 Å². The molecule has 3 aromatic rings. The van der Waals surface area contributed by atoms with Gasteiger partial charge in [-0.3, -0.25) is 9.59 Å². The van der Waals surface area contributed by atoms with Gasteiger partial charge >= 0.3 is 0 Å². The molecule has 5 rings (SSSR count). The number of nitrogens with one attached hydrogen (secondary N) is 2. The van der Waals surface area contributed by atoms with Gasteiger partial charge in [-0.1, -0.05) is 29.8 Å². The van der Waals surface area contributed by atoms with Crippen LogP contribution in [0.2, 0.25) is 5.02 Å². The fourth-order valence-corrected chi connectivity index (χ4v) is 6.16. The van der Waals surface area contributed by atoms with Gasteiger partial charge in [0.05, 0.1) is 18.7 Å². The highest BCUT2D eigenvalue weighted by atomic mass is 35.5. The number of fused-ring (bicyclic) bond motifs is 1. The number of ether oxygens (including phenoxy) is 1. The SMILES string of the molecule is COc1cccc(C(=O)NC2CC3CCCN(c4ccc(C(=O)NC(C)c5ccc(Cl)cc5)cn4)C3C2)c1C. The van der Waals surface area contributed by atoms with E-state index < -0.39 is 0 Å². The summed E-state index contributed by atoms with van der Waals surface area (Å²) in [5, 5.41) is 6.97. The summed E-state index contributed by atoms with van der Waals surface area (Å²) in [4.78, 5) is 33.0. The largest absolute Gasteiger partial charge is 0.496 e. The molecule has 0 spiro atoms. The lowest BCUT2D eigenvalue weighted by molar-refractivity contribution is 0.0929. The summed E-state index contributed by atoms with van der Waals surface area (Å²) in [5.74, 6) is 1.88. The van der Waals surface area contributed by atoms with Crippen molar-refractivity contribution in [3.8, 4) is 5.75 Å². The Morgan fingerprint density at radius 1 is 1.08 bits per heavy atom.